The molecule has 7 aromatic carbocycles. The predicted octanol–water partition coefficient (Wildman–Crippen LogP) is 11.2. The van der Waals surface area contributed by atoms with Crippen LogP contribution in [-0.4, -0.2) is 9.97 Å². The molecule has 1 atom stereocenters. The van der Waals surface area contributed by atoms with Crippen LogP contribution < -0.4 is 4.74 Å². The molecule has 0 saturated heterocycles. The Hall–Kier alpha value is -6.76. The van der Waals surface area contributed by atoms with Crippen molar-refractivity contribution in [1.29, 1.82) is 0 Å². The molecular weight excluding hydrogens is 621 g/mol. The molecule has 8 aromatic rings. The maximum absolute atomic E-state index is 7.16. The molecule has 1 unspecified atom stereocenters. The molecule has 11 rings (SSSR count). The van der Waals surface area contributed by atoms with Gasteiger partial charge in [0.2, 0.25) is 0 Å². The molecule has 2 aliphatic carbocycles. The third-order valence-electron chi connectivity index (χ3n) is 10.9. The van der Waals surface area contributed by atoms with Crippen molar-refractivity contribution in [3.05, 3.63) is 185 Å². The third kappa shape index (κ3) is 3.85. The number of benzene rings is 7. The number of nitrogens with zero attached hydrogens (tertiary/aromatic N) is 2. The van der Waals surface area contributed by atoms with Gasteiger partial charge in [0.25, 0.3) is 0 Å². The van der Waals surface area contributed by atoms with Crippen LogP contribution in [0.4, 0.5) is 0 Å². The number of hydrogen-bond acceptors (Lipinski definition) is 3. The second kappa shape index (κ2) is 10.6. The average molecular weight is 649 g/mol. The Morgan fingerprint density at radius 2 is 1.31 bits per heavy atom. The molecule has 3 heteroatoms. The summed E-state index contributed by atoms with van der Waals surface area (Å²) in [4.78, 5) is 10.6. The molecule has 0 fully saturated rings. The maximum atomic E-state index is 7.16. The highest BCUT2D eigenvalue weighted by molar-refractivity contribution is 6.00. The summed E-state index contributed by atoms with van der Waals surface area (Å²) in [5.74, 6) is 9.07. The first-order valence-electron chi connectivity index (χ1n) is 17.4. The standard InChI is InChI=1S/C48H28N2O/c1-4-16-32(17-5-1)44-36-21-10-12-25-42(36)49-47(50-44)37-22-13-24-39-43(37)35-20-9-11-23-38(35)48(39)40-28-26-30-14-3-2-6-18-33(30)45(40)51-46-34-19-8-7-15-31(34)27-29-41(46)48/h1,3-5,7-17,19-29H,18H2. The Kier molecular flexibility index (Phi) is 5.85. The lowest BCUT2D eigenvalue weighted by Crippen LogP contribution is -2.32. The Bertz CT molecular complexity index is 2880. The largest absolute Gasteiger partial charge is 0.456 e. The zero-order valence-corrected chi connectivity index (χ0v) is 27.5. The second-order valence-electron chi connectivity index (χ2n) is 13.4. The minimum Gasteiger partial charge on any atom is -0.456 e. The van der Waals surface area contributed by atoms with E-state index in [0.717, 1.165) is 77.8 Å². The van der Waals surface area contributed by atoms with E-state index in [-0.39, 0.29) is 0 Å². The van der Waals surface area contributed by atoms with Gasteiger partial charge < -0.3 is 4.74 Å². The van der Waals surface area contributed by atoms with Gasteiger partial charge in [0, 0.05) is 45.0 Å². The Morgan fingerprint density at radius 3 is 2.25 bits per heavy atom. The van der Waals surface area contributed by atoms with Gasteiger partial charge in [0.15, 0.2) is 5.82 Å². The van der Waals surface area contributed by atoms with E-state index in [1.54, 1.807) is 0 Å². The minimum absolute atomic E-state index is 0.615. The number of para-hydroxylation sites is 1. The Labute approximate surface area is 295 Å². The van der Waals surface area contributed by atoms with E-state index in [1.165, 1.54) is 16.7 Å². The van der Waals surface area contributed by atoms with Crippen LogP contribution in [0.2, 0.25) is 0 Å². The van der Waals surface area contributed by atoms with Crippen LogP contribution in [-0.2, 0) is 11.8 Å². The van der Waals surface area contributed by atoms with Crippen LogP contribution >= 0.6 is 0 Å². The van der Waals surface area contributed by atoms with Crippen molar-refractivity contribution < 1.29 is 4.74 Å². The highest BCUT2D eigenvalue weighted by Gasteiger charge is 2.52. The van der Waals surface area contributed by atoms with Gasteiger partial charge in [-0.2, -0.15) is 0 Å². The first-order chi connectivity index (χ1) is 25.3. The van der Waals surface area contributed by atoms with Crippen molar-refractivity contribution in [2.24, 2.45) is 0 Å². The third-order valence-corrected chi connectivity index (χ3v) is 10.9. The minimum atomic E-state index is -0.646. The summed E-state index contributed by atoms with van der Waals surface area (Å²) in [6.45, 7) is 0. The first-order valence-corrected chi connectivity index (χ1v) is 17.4. The molecule has 2 heterocycles. The number of rotatable bonds is 2. The molecule has 236 valence electrons. The fraction of sp³-hybridized carbons (Fsp3) is 0.0417. The van der Waals surface area contributed by atoms with Crippen LogP contribution in [0.1, 0.15) is 33.4 Å². The van der Waals surface area contributed by atoms with Gasteiger partial charge in [-0.05, 0) is 51.4 Å². The van der Waals surface area contributed by atoms with Crippen LogP contribution in [0.25, 0.3) is 61.5 Å². The lowest BCUT2D eigenvalue weighted by Gasteiger charge is -2.40. The van der Waals surface area contributed by atoms with Crippen molar-refractivity contribution >= 4 is 27.8 Å². The van der Waals surface area contributed by atoms with Gasteiger partial charge in [-0.1, -0.05) is 151 Å². The van der Waals surface area contributed by atoms with Gasteiger partial charge in [0.05, 0.1) is 16.6 Å². The molecule has 1 spiro atoms. The summed E-state index contributed by atoms with van der Waals surface area (Å²) in [6.07, 6.45) is 4.67. The van der Waals surface area contributed by atoms with E-state index in [2.05, 4.69) is 157 Å². The highest BCUT2D eigenvalue weighted by Crippen LogP contribution is 2.64. The van der Waals surface area contributed by atoms with Crippen LogP contribution in [0.5, 0.6) is 11.5 Å². The molecule has 0 bridgehead atoms. The van der Waals surface area contributed by atoms with E-state index in [9.17, 15) is 0 Å². The fourth-order valence-electron chi connectivity index (χ4n) is 8.73. The van der Waals surface area contributed by atoms with Crippen molar-refractivity contribution in [2.75, 3.05) is 0 Å². The van der Waals surface area contributed by atoms with E-state index >= 15 is 0 Å². The smallest absolute Gasteiger partial charge is 0.161 e. The Morgan fingerprint density at radius 1 is 0.569 bits per heavy atom. The number of allylic oxidation sites excluding steroid dienone is 1. The molecule has 51 heavy (non-hydrogen) atoms. The number of hydrogen-bond donors (Lipinski definition) is 0. The summed E-state index contributed by atoms with van der Waals surface area (Å²) >= 11 is 0. The monoisotopic (exact) mass is 648 g/mol. The lowest BCUT2D eigenvalue weighted by atomic mass is 9.65. The molecule has 0 saturated carbocycles. The van der Waals surface area contributed by atoms with Crippen molar-refractivity contribution in [3.63, 3.8) is 0 Å². The molecular formula is C48H28N2O. The van der Waals surface area contributed by atoms with Gasteiger partial charge >= 0.3 is 0 Å². The Balaban J connectivity index is 1.27. The summed E-state index contributed by atoms with van der Waals surface area (Å²) in [5.41, 5.74) is 12.6. The van der Waals surface area contributed by atoms with Crippen LogP contribution in [0, 0.1) is 11.8 Å². The summed E-state index contributed by atoms with van der Waals surface area (Å²) in [7, 11) is 0. The molecule has 0 radical (unpaired) electrons. The first kappa shape index (κ1) is 28.1. The average Bonchev–Trinajstić information content (AvgIpc) is 3.30. The zero-order chi connectivity index (χ0) is 33.5. The molecule has 3 aliphatic rings. The van der Waals surface area contributed by atoms with Gasteiger partial charge in [-0.25, -0.2) is 9.97 Å². The summed E-state index contributed by atoms with van der Waals surface area (Å²) in [5, 5.41) is 3.28. The van der Waals surface area contributed by atoms with E-state index < -0.39 is 5.41 Å². The molecule has 1 aliphatic heterocycles. The van der Waals surface area contributed by atoms with Gasteiger partial charge in [-0.15, -0.1) is 0 Å². The SMILES string of the molecule is C1#CCc2c(ccc3c2Oc2c(ccc4ccccc24)C32c3ccccc3-c3c(-c4nc(-c5ccccc5)c5ccccc5n4)cccc32)C=C1. The normalized spacial score (nSPS) is 15.9. The quantitative estimate of drug-likeness (QED) is 0.175. The van der Waals surface area contributed by atoms with Crippen molar-refractivity contribution in [2.45, 2.75) is 11.8 Å². The van der Waals surface area contributed by atoms with Crippen LogP contribution in [0.3, 0.4) is 0 Å². The van der Waals surface area contributed by atoms with Crippen molar-refractivity contribution in [1.82, 2.24) is 9.97 Å². The topological polar surface area (TPSA) is 35.0 Å². The van der Waals surface area contributed by atoms with Crippen LogP contribution in [0.15, 0.2) is 152 Å². The lowest BCUT2D eigenvalue weighted by molar-refractivity contribution is 0.437. The van der Waals surface area contributed by atoms with Crippen molar-refractivity contribution in [3.8, 4) is 57.1 Å². The number of fused-ring (bicyclic) bond motifs is 14. The number of aromatic nitrogens is 2. The maximum Gasteiger partial charge on any atom is 0.161 e. The second-order valence-corrected chi connectivity index (χ2v) is 13.4. The molecule has 3 nitrogen and oxygen atoms in total. The predicted molar refractivity (Wildman–Crippen MR) is 206 cm³/mol. The summed E-state index contributed by atoms with van der Waals surface area (Å²) in [6, 6.07) is 51.9. The number of ether oxygens (including phenoxy) is 1. The molecule has 0 N–H and O–H groups in total. The van der Waals surface area contributed by atoms with E-state index in [4.69, 9.17) is 14.7 Å². The zero-order valence-electron chi connectivity index (χ0n) is 27.5. The van der Waals surface area contributed by atoms with E-state index in [1.807, 2.05) is 12.1 Å². The molecule has 1 aromatic heterocycles. The van der Waals surface area contributed by atoms with E-state index in [0.29, 0.717) is 12.2 Å². The van der Waals surface area contributed by atoms with Gasteiger partial charge in [-0.3, -0.25) is 0 Å². The highest BCUT2D eigenvalue weighted by atomic mass is 16.5. The molecule has 0 amide bonds. The fourth-order valence-corrected chi connectivity index (χ4v) is 8.73. The summed E-state index contributed by atoms with van der Waals surface area (Å²) < 4.78 is 7.16. The van der Waals surface area contributed by atoms with Gasteiger partial charge in [0.1, 0.15) is 11.5 Å².